The quantitative estimate of drug-likeness (QED) is 0.674. The molecule has 2 unspecified atom stereocenters. The molecule has 0 aliphatic carbocycles. The summed E-state index contributed by atoms with van der Waals surface area (Å²) in [6.45, 7) is 11.5. The van der Waals surface area contributed by atoms with Crippen LogP contribution in [0.3, 0.4) is 0 Å². The van der Waals surface area contributed by atoms with E-state index >= 15 is 0 Å². The third-order valence-corrected chi connectivity index (χ3v) is 6.09. The van der Waals surface area contributed by atoms with Gasteiger partial charge in [0.25, 0.3) is 0 Å². The zero-order valence-electron chi connectivity index (χ0n) is 13.7. The van der Waals surface area contributed by atoms with Crippen LogP contribution in [0.15, 0.2) is 40.2 Å². The smallest absolute Gasteiger partial charge is 0.0799 e. The fraction of sp³-hybridized carbons (Fsp3) is 0.526. The highest BCUT2D eigenvalue weighted by Crippen LogP contribution is 2.44. The SMILES string of the molecule is CC(C)C1=CS/C2=N/C(C)(C)C(C)c3ccccc3CC12. The molecule has 1 nitrogen and oxygen atoms in total. The van der Waals surface area contributed by atoms with E-state index in [4.69, 9.17) is 4.99 Å². The Morgan fingerprint density at radius 2 is 1.95 bits per heavy atom. The van der Waals surface area contributed by atoms with Crippen LogP contribution in [0.4, 0.5) is 0 Å². The van der Waals surface area contributed by atoms with Gasteiger partial charge in [-0.1, -0.05) is 62.4 Å². The zero-order valence-corrected chi connectivity index (χ0v) is 14.5. The molecule has 2 heterocycles. The van der Waals surface area contributed by atoms with Crippen molar-refractivity contribution in [3.8, 4) is 0 Å². The third kappa shape index (κ3) is 2.59. The van der Waals surface area contributed by atoms with Gasteiger partial charge in [-0.05, 0) is 42.7 Å². The summed E-state index contributed by atoms with van der Waals surface area (Å²) >= 11 is 1.85. The minimum absolute atomic E-state index is 0.0443. The number of benzene rings is 1. The van der Waals surface area contributed by atoms with Gasteiger partial charge in [-0.25, -0.2) is 0 Å². The minimum atomic E-state index is -0.0443. The number of nitrogens with zero attached hydrogens (tertiary/aromatic N) is 1. The molecular formula is C19H25NS. The lowest BCUT2D eigenvalue weighted by molar-refractivity contribution is 0.429. The molecule has 1 aromatic carbocycles. The first kappa shape index (κ1) is 14.9. The summed E-state index contributed by atoms with van der Waals surface area (Å²) in [6, 6.07) is 8.95. The van der Waals surface area contributed by atoms with E-state index in [0.29, 0.717) is 17.8 Å². The van der Waals surface area contributed by atoms with E-state index in [1.54, 1.807) is 5.57 Å². The summed E-state index contributed by atoms with van der Waals surface area (Å²) in [4.78, 5) is 5.17. The molecule has 3 rings (SSSR count). The molecule has 0 saturated heterocycles. The maximum atomic E-state index is 5.17. The normalized spacial score (nSPS) is 29.8. The predicted octanol–water partition coefficient (Wildman–Crippen LogP) is 5.43. The van der Waals surface area contributed by atoms with E-state index in [0.717, 1.165) is 6.42 Å². The van der Waals surface area contributed by atoms with Crippen molar-refractivity contribution in [3.63, 3.8) is 0 Å². The lowest BCUT2D eigenvalue weighted by atomic mass is 9.77. The molecule has 0 bridgehead atoms. The van der Waals surface area contributed by atoms with Gasteiger partial charge in [0.2, 0.25) is 0 Å². The van der Waals surface area contributed by atoms with Crippen LogP contribution in [0.5, 0.6) is 0 Å². The first-order valence-corrected chi connectivity index (χ1v) is 8.82. The van der Waals surface area contributed by atoms with Crippen LogP contribution in [-0.4, -0.2) is 10.6 Å². The Bertz CT molecular complexity index is 610. The lowest BCUT2D eigenvalue weighted by Gasteiger charge is -2.34. The lowest BCUT2D eigenvalue weighted by Crippen LogP contribution is -2.31. The number of allylic oxidation sites excluding steroid dienone is 1. The number of aliphatic imine (C=N–C) groups is 1. The van der Waals surface area contributed by atoms with Gasteiger partial charge < -0.3 is 0 Å². The molecule has 2 atom stereocenters. The standard InChI is InChI=1S/C19H25NS/c1-12(2)17-11-21-18-16(17)10-14-8-6-7-9-15(14)13(3)19(4,5)20-18/h6-9,11-13,16H,10H2,1-5H3/b20-18+. The Kier molecular flexibility index (Phi) is 3.77. The van der Waals surface area contributed by atoms with Gasteiger partial charge in [0.1, 0.15) is 0 Å². The van der Waals surface area contributed by atoms with Crippen LogP contribution in [0, 0.1) is 11.8 Å². The fourth-order valence-corrected chi connectivity index (χ4v) is 4.77. The molecule has 0 N–H and O–H groups in total. The molecule has 0 saturated carbocycles. The Morgan fingerprint density at radius 3 is 2.67 bits per heavy atom. The Morgan fingerprint density at radius 1 is 1.24 bits per heavy atom. The van der Waals surface area contributed by atoms with E-state index in [9.17, 15) is 0 Å². The minimum Gasteiger partial charge on any atom is -0.275 e. The van der Waals surface area contributed by atoms with E-state index in [-0.39, 0.29) is 5.54 Å². The summed E-state index contributed by atoms with van der Waals surface area (Å²) in [5, 5.41) is 3.67. The van der Waals surface area contributed by atoms with Crippen molar-refractivity contribution < 1.29 is 0 Å². The van der Waals surface area contributed by atoms with Crippen LogP contribution in [0.2, 0.25) is 0 Å². The van der Waals surface area contributed by atoms with E-state index in [1.807, 2.05) is 11.8 Å². The van der Waals surface area contributed by atoms with Gasteiger partial charge in [-0.3, -0.25) is 4.99 Å². The maximum Gasteiger partial charge on any atom is 0.0799 e. The largest absolute Gasteiger partial charge is 0.275 e. The highest BCUT2D eigenvalue weighted by molar-refractivity contribution is 8.16. The number of rotatable bonds is 1. The van der Waals surface area contributed by atoms with E-state index in [2.05, 4.69) is 64.3 Å². The highest BCUT2D eigenvalue weighted by atomic mass is 32.2. The molecule has 112 valence electrons. The molecule has 2 aliphatic rings. The van der Waals surface area contributed by atoms with Gasteiger partial charge in [0.05, 0.1) is 10.6 Å². The second-order valence-electron chi connectivity index (χ2n) is 7.17. The number of fused-ring (bicyclic) bond motifs is 2. The van der Waals surface area contributed by atoms with Gasteiger partial charge >= 0.3 is 0 Å². The number of thioether (sulfide) groups is 1. The number of hydrogen-bond acceptors (Lipinski definition) is 2. The van der Waals surface area contributed by atoms with Crippen molar-refractivity contribution in [2.75, 3.05) is 0 Å². The second-order valence-corrected chi connectivity index (χ2v) is 8.06. The van der Waals surface area contributed by atoms with Crippen LogP contribution >= 0.6 is 11.8 Å². The molecule has 0 aromatic heterocycles. The molecule has 2 heteroatoms. The maximum absolute atomic E-state index is 5.17. The van der Waals surface area contributed by atoms with Gasteiger partial charge in [-0.15, -0.1) is 0 Å². The molecule has 21 heavy (non-hydrogen) atoms. The van der Waals surface area contributed by atoms with Gasteiger partial charge in [0.15, 0.2) is 0 Å². The number of hydrogen-bond donors (Lipinski definition) is 0. The fourth-order valence-electron chi connectivity index (χ4n) is 3.41. The topological polar surface area (TPSA) is 12.4 Å². The predicted molar refractivity (Wildman–Crippen MR) is 94.1 cm³/mol. The first-order valence-electron chi connectivity index (χ1n) is 7.94. The average Bonchev–Trinajstić information content (AvgIpc) is 2.80. The van der Waals surface area contributed by atoms with Crippen LogP contribution in [0.1, 0.15) is 51.7 Å². The van der Waals surface area contributed by atoms with Crippen molar-refractivity contribution in [1.82, 2.24) is 0 Å². The Labute approximate surface area is 132 Å². The van der Waals surface area contributed by atoms with E-state index < -0.39 is 0 Å². The van der Waals surface area contributed by atoms with Crippen LogP contribution in [-0.2, 0) is 6.42 Å². The monoisotopic (exact) mass is 299 g/mol. The Hall–Kier alpha value is -1.02. The van der Waals surface area contributed by atoms with Gasteiger partial charge in [0, 0.05) is 11.8 Å². The third-order valence-electron chi connectivity index (χ3n) is 5.09. The zero-order chi connectivity index (χ0) is 15.2. The van der Waals surface area contributed by atoms with E-state index in [1.165, 1.54) is 16.2 Å². The molecule has 0 amide bonds. The highest BCUT2D eigenvalue weighted by Gasteiger charge is 2.36. The summed E-state index contributed by atoms with van der Waals surface area (Å²) < 4.78 is 0. The molecule has 0 fully saturated rings. The second kappa shape index (κ2) is 5.31. The molecule has 1 aromatic rings. The van der Waals surface area contributed by atoms with Crippen molar-refractivity contribution in [2.24, 2.45) is 16.8 Å². The molecule has 2 aliphatic heterocycles. The molecule has 0 spiro atoms. The first-order chi connectivity index (χ1) is 9.90. The van der Waals surface area contributed by atoms with Gasteiger partial charge in [-0.2, -0.15) is 0 Å². The summed E-state index contributed by atoms with van der Waals surface area (Å²) in [5.41, 5.74) is 4.49. The van der Waals surface area contributed by atoms with Crippen molar-refractivity contribution in [3.05, 3.63) is 46.4 Å². The molecule has 0 radical (unpaired) electrons. The van der Waals surface area contributed by atoms with Crippen LogP contribution < -0.4 is 0 Å². The average molecular weight is 299 g/mol. The summed E-state index contributed by atoms with van der Waals surface area (Å²) in [5.74, 6) is 1.54. The summed E-state index contributed by atoms with van der Waals surface area (Å²) in [6.07, 6.45) is 1.10. The Balaban J connectivity index is 2.11. The van der Waals surface area contributed by atoms with Crippen molar-refractivity contribution in [2.45, 2.75) is 52.5 Å². The van der Waals surface area contributed by atoms with Crippen LogP contribution in [0.25, 0.3) is 0 Å². The molecular weight excluding hydrogens is 274 g/mol. The summed E-state index contributed by atoms with van der Waals surface area (Å²) in [7, 11) is 0. The van der Waals surface area contributed by atoms with Crippen molar-refractivity contribution >= 4 is 16.8 Å². The van der Waals surface area contributed by atoms with Crippen molar-refractivity contribution in [1.29, 1.82) is 0 Å².